The summed E-state index contributed by atoms with van der Waals surface area (Å²) in [6.07, 6.45) is 5.02. The molecule has 0 radical (unpaired) electrons. The van der Waals surface area contributed by atoms with Crippen LogP contribution in [0.1, 0.15) is 45.6 Å². The van der Waals surface area contributed by atoms with Crippen LogP contribution in [0.25, 0.3) is 0 Å². The van der Waals surface area contributed by atoms with Crippen LogP contribution in [0.4, 0.5) is 0 Å². The monoisotopic (exact) mass is 325 g/mol. The van der Waals surface area contributed by atoms with Crippen LogP contribution in [0.2, 0.25) is 0 Å². The Hall–Kier alpha value is -0.340. The molecule has 0 aliphatic heterocycles. The zero-order valence-corrected chi connectivity index (χ0v) is 14.2. The third-order valence-corrected chi connectivity index (χ3v) is 4.25. The van der Waals surface area contributed by atoms with Crippen molar-refractivity contribution in [3.05, 3.63) is 34.3 Å². The predicted octanol–water partition coefficient (Wildman–Crippen LogP) is 5.04. The summed E-state index contributed by atoms with van der Waals surface area (Å²) in [4.78, 5) is 0. The van der Waals surface area contributed by atoms with Gasteiger partial charge in [-0.15, -0.1) is 0 Å². The molecule has 108 valence electrons. The topological polar surface area (TPSA) is 12.0 Å². The van der Waals surface area contributed by atoms with Crippen molar-refractivity contribution in [2.75, 3.05) is 13.1 Å². The molecule has 0 bridgehead atoms. The molecular formula is C17H28BrN. The van der Waals surface area contributed by atoms with Crippen LogP contribution in [0.3, 0.4) is 0 Å². The highest BCUT2D eigenvalue weighted by Gasteiger charge is 2.12. The van der Waals surface area contributed by atoms with Gasteiger partial charge in [-0.05, 0) is 55.8 Å². The maximum atomic E-state index is 3.67. The van der Waals surface area contributed by atoms with Gasteiger partial charge in [0, 0.05) is 4.47 Å². The zero-order chi connectivity index (χ0) is 14.1. The van der Waals surface area contributed by atoms with Gasteiger partial charge in [-0.25, -0.2) is 0 Å². The number of halogens is 1. The summed E-state index contributed by atoms with van der Waals surface area (Å²) in [5.41, 5.74) is 1.44. The standard InChI is InChI=1S/C17H28BrN/c1-4-11-19-13-15(10-9-14(2)3)12-16-7-5-6-8-17(16)18/h5-8,14-15,19H,4,9-13H2,1-3H3. The maximum absolute atomic E-state index is 3.67. The van der Waals surface area contributed by atoms with Gasteiger partial charge in [0.05, 0.1) is 0 Å². The lowest BCUT2D eigenvalue weighted by molar-refractivity contribution is 0.398. The van der Waals surface area contributed by atoms with E-state index in [1.165, 1.54) is 35.7 Å². The van der Waals surface area contributed by atoms with Gasteiger partial charge in [0.15, 0.2) is 0 Å². The summed E-state index contributed by atoms with van der Waals surface area (Å²) >= 11 is 3.67. The third kappa shape index (κ3) is 7.12. The van der Waals surface area contributed by atoms with Crippen molar-refractivity contribution in [1.82, 2.24) is 5.32 Å². The van der Waals surface area contributed by atoms with Crippen LogP contribution in [0, 0.1) is 11.8 Å². The van der Waals surface area contributed by atoms with Crippen LogP contribution in [0.5, 0.6) is 0 Å². The van der Waals surface area contributed by atoms with Crippen LogP contribution in [0.15, 0.2) is 28.7 Å². The lowest BCUT2D eigenvalue weighted by atomic mass is 9.92. The van der Waals surface area contributed by atoms with E-state index in [0.717, 1.165) is 24.9 Å². The van der Waals surface area contributed by atoms with E-state index in [1.807, 2.05) is 0 Å². The van der Waals surface area contributed by atoms with E-state index in [1.54, 1.807) is 0 Å². The molecule has 0 fully saturated rings. The van der Waals surface area contributed by atoms with Crippen molar-refractivity contribution in [3.63, 3.8) is 0 Å². The van der Waals surface area contributed by atoms with Gasteiger partial charge < -0.3 is 5.32 Å². The molecule has 1 aromatic carbocycles. The average molecular weight is 326 g/mol. The Kier molecular flexibility index (Phi) is 8.40. The second kappa shape index (κ2) is 9.55. The van der Waals surface area contributed by atoms with E-state index in [9.17, 15) is 0 Å². The highest BCUT2D eigenvalue weighted by molar-refractivity contribution is 9.10. The first-order valence-corrected chi connectivity index (χ1v) is 8.36. The van der Waals surface area contributed by atoms with Crippen molar-refractivity contribution in [2.24, 2.45) is 11.8 Å². The Morgan fingerprint density at radius 3 is 2.53 bits per heavy atom. The van der Waals surface area contributed by atoms with Crippen molar-refractivity contribution in [1.29, 1.82) is 0 Å². The number of hydrogen-bond acceptors (Lipinski definition) is 1. The summed E-state index contributed by atoms with van der Waals surface area (Å²) in [7, 11) is 0. The average Bonchev–Trinajstić information content (AvgIpc) is 2.38. The summed E-state index contributed by atoms with van der Waals surface area (Å²) in [5, 5.41) is 3.58. The Bertz CT molecular complexity index is 349. The van der Waals surface area contributed by atoms with Crippen molar-refractivity contribution in [3.8, 4) is 0 Å². The Balaban J connectivity index is 2.54. The minimum Gasteiger partial charge on any atom is -0.316 e. The van der Waals surface area contributed by atoms with Crippen molar-refractivity contribution in [2.45, 2.75) is 46.5 Å². The molecule has 0 aliphatic rings. The molecule has 0 aromatic heterocycles. The molecule has 1 rings (SSSR count). The molecule has 1 atom stereocenters. The van der Waals surface area contributed by atoms with Crippen LogP contribution in [-0.2, 0) is 6.42 Å². The molecule has 1 nitrogen and oxygen atoms in total. The van der Waals surface area contributed by atoms with E-state index in [-0.39, 0.29) is 0 Å². The summed E-state index contributed by atoms with van der Waals surface area (Å²) in [5.74, 6) is 1.54. The molecule has 1 N–H and O–H groups in total. The largest absolute Gasteiger partial charge is 0.316 e. The predicted molar refractivity (Wildman–Crippen MR) is 88.6 cm³/mol. The quantitative estimate of drug-likeness (QED) is 0.627. The molecule has 0 aliphatic carbocycles. The Morgan fingerprint density at radius 1 is 1.16 bits per heavy atom. The molecular weight excluding hydrogens is 298 g/mol. The van der Waals surface area contributed by atoms with Crippen LogP contribution in [-0.4, -0.2) is 13.1 Å². The maximum Gasteiger partial charge on any atom is 0.0207 e. The zero-order valence-electron chi connectivity index (χ0n) is 12.6. The molecule has 0 spiro atoms. The number of hydrogen-bond donors (Lipinski definition) is 1. The van der Waals surface area contributed by atoms with E-state index >= 15 is 0 Å². The molecule has 0 saturated carbocycles. The normalized spacial score (nSPS) is 12.9. The van der Waals surface area contributed by atoms with Gasteiger partial charge in [-0.2, -0.15) is 0 Å². The third-order valence-electron chi connectivity index (χ3n) is 3.48. The lowest BCUT2D eigenvalue weighted by Gasteiger charge is -2.19. The first-order valence-electron chi connectivity index (χ1n) is 7.57. The molecule has 19 heavy (non-hydrogen) atoms. The van der Waals surface area contributed by atoms with Gasteiger partial charge in [-0.1, -0.05) is 61.3 Å². The lowest BCUT2D eigenvalue weighted by Crippen LogP contribution is -2.25. The molecule has 0 amide bonds. The summed E-state index contributed by atoms with van der Waals surface area (Å²) in [6.45, 7) is 9.13. The molecule has 2 heteroatoms. The van der Waals surface area contributed by atoms with E-state index < -0.39 is 0 Å². The fourth-order valence-electron chi connectivity index (χ4n) is 2.30. The van der Waals surface area contributed by atoms with E-state index in [2.05, 4.69) is 66.3 Å². The summed E-state index contributed by atoms with van der Waals surface area (Å²) < 4.78 is 1.25. The van der Waals surface area contributed by atoms with Gasteiger partial charge in [0.1, 0.15) is 0 Å². The number of benzene rings is 1. The van der Waals surface area contributed by atoms with Gasteiger partial charge in [0.25, 0.3) is 0 Å². The van der Waals surface area contributed by atoms with Crippen molar-refractivity contribution < 1.29 is 0 Å². The second-order valence-corrected chi connectivity index (χ2v) is 6.69. The molecule has 0 saturated heterocycles. The minimum absolute atomic E-state index is 0.743. The molecule has 0 heterocycles. The smallest absolute Gasteiger partial charge is 0.0207 e. The van der Waals surface area contributed by atoms with Gasteiger partial charge in [-0.3, -0.25) is 0 Å². The van der Waals surface area contributed by atoms with Crippen molar-refractivity contribution >= 4 is 15.9 Å². The highest BCUT2D eigenvalue weighted by atomic mass is 79.9. The van der Waals surface area contributed by atoms with E-state index in [4.69, 9.17) is 0 Å². The first kappa shape index (κ1) is 16.7. The minimum atomic E-state index is 0.743. The first-order chi connectivity index (χ1) is 9.13. The highest BCUT2D eigenvalue weighted by Crippen LogP contribution is 2.22. The Morgan fingerprint density at radius 2 is 1.89 bits per heavy atom. The summed E-state index contributed by atoms with van der Waals surface area (Å²) in [6, 6.07) is 8.62. The van der Waals surface area contributed by atoms with Crippen LogP contribution >= 0.6 is 15.9 Å². The van der Waals surface area contributed by atoms with Gasteiger partial charge in [0.2, 0.25) is 0 Å². The SMILES string of the molecule is CCCNCC(CCC(C)C)Cc1ccccc1Br. The van der Waals surface area contributed by atoms with E-state index in [0.29, 0.717) is 0 Å². The molecule has 1 aromatic rings. The molecule has 1 unspecified atom stereocenters. The number of rotatable bonds is 9. The fourth-order valence-corrected chi connectivity index (χ4v) is 2.75. The van der Waals surface area contributed by atoms with Crippen LogP contribution < -0.4 is 5.32 Å². The fraction of sp³-hybridized carbons (Fsp3) is 0.647. The van der Waals surface area contributed by atoms with Gasteiger partial charge >= 0.3 is 0 Å². The second-order valence-electron chi connectivity index (χ2n) is 5.84. The number of nitrogens with one attached hydrogen (secondary N) is 1. The Labute approximate surface area is 127 Å².